The van der Waals surface area contributed by atoms with Crippen LogP contribution in [-0.4, -0.2) is 41.4 Å². The van der Waals surface area contributed by atoms with E-state index in [-0.39, 0.29) is 17.9 Å². The van der Waals surface area contributed by atoms with E-state index in [1.807, 2.05) is 18.7 Å². The maximum atomic E-state index is 12.5. The molecule has 0 bridgehead atoms. The standard InChI is InChI=1S/C15H29N3O2/c1-4-7-13(19)17-12-8-6-10-18(11-12)14(20)15(3,16)9-5-2/h12H,4-11,16H2,1-3H3,(H,17,19). The summed E-state index contributed by atoms with van der Waals surface area (Å²) in [5.74, 6) is 0.0876. The van der Waals surface area contributed by atoms with Crippen molar-refractivity contribution in [3.63, 3.8) is 0 Å². The van der Waals surface area contributed by atoms with Crippen LogP contribution in [0.1, 0.15) is 59.3 Å². The number of carbonyl (C=O) groups is 2. The number of likely N-dealkylation sites (tertiary alicyclic amines) is 1. The van der Waals surface area contributed by atoms with Crippen molar-refractivity contribution >= 4 is 11.8 Å². The van der Waals surface area contributed by atoms with Crippen LogP contribution in [0.2, 0.25) is 0 Å². The van der Waals surface area contributed by atoms with E-state index >= 15 is 0 Å². The van der Waals surface area contributed by atoms with Crippen molar-refractivity contribution in [2.75, 3.05) is 13.1 Å². The molecule has 0 aromatic heterocycles. The molecule has 5 heteroatoms. The minimum atomic E-state index is -0.788. The summed E-state index contributed by atoms with van der Waals surface area (Å²) in [7, 11) is 0. The first-order valence-electron chi connectivity index (χ1n) is 7.78. The Balaban J connectivity index is 2.56. The van der Waals surface area contributed by atoms with Gasteiger partial charge >= 0.3 is 0 Å². The smallest absolute Gasteiger partial charge is 0.242 e. The highest BCUT2D eigenvalue weighted by Gasteiger charge is 2.34. The fraction of sp³-hybridized carbons (Fsp3) is 0.867. The first-order chi connectivity index (χ1) is 9.40. The molecule has 1 aliphatic rings. The average Bonchev–Trinajstić information content (AvgIpc) is 2.38. The van der Waals surface area contributed by atoms with Gasteiger partial charge in [-0.05, 0) is 32.6 Å². The van der Waals surface area contributed by atoms with Gasteiger partial charge in [0.1, 0.15) is 0 Å². The predicted molar refractivity (Wildman–Crippen MR) is 80.2 cm³/mol. The number of hydrogen-bond donors (Lipinski definition) is 2. The van der Waals surface area contributed by atoms with Crippen molar-refractivity contribution in [3.05, 3.63) is 0 Å². The van der Waals surface area contributed by atoms with Crippen molar-refractivity contribution < 1.29 is 9.59 Å². The van der Waals surface area contributed by atoms with Gasteiger partial charge in [-0.3, -0.25) is 9.59 Å². The molecule has 1 saturated heterocycles. The van der Waals surface area contributed by atoms with Crippen molar-refractivity contribution in [2.24, 2.45) is 5.73 Å². The van der Waals surface area contributed by atoms with Crippen LogP contribution in [0.5, 0.6) is 0 Å². The second-order valence-electron chi connectivity index (χ2n) is 6.08. The maximum absolute atomic E-state index is 12.5. The third kappa shape index (κ3) is 4.78. The Hall–Kier alpha value is -1.10. The van der Waals surface area contributed by atoms with Gasteiger partial charge in [0.15, 0.2) is 0 Å². The Morgan fingerprint density at radius 3 is 2.65 bits per heavy atom. The van der Waals surface area contributed by atoms with Crippen LogP contribution in [-0.2, 0) is 9.59 Å². The number of nitrogens with one attached hydrogen (secondary N) is 1. The number of hydrogen-bond acceptors (Lipinski definition) is 3. The summed E-state index contributed by atoms with van der Waals surface area (Å²) in [4.78, 5) is 25.9. The third-order valence-corrected chi connectivity index (χ3v) is 3.81. The van der Waals surface area contributed by atoms with E-state index in [4.69, 9.17) is 5.73 Å². The summed E-state index contributed by atoms with van der Waals surface area (Å²) in [6, 6.07) is 0.0733. The van der Waals surface area contributed by atoms with E-state index in [2.05, 4.69) is 5.32 Å². The quantitative estimate of drug-likeness (QED) is 0.774. The van der Waals surface area contributed by atoms with E-state index in [1.54, 1.807) is 6.92 Å². The summed E-state index contributed by atoms with van der Waals surface area (Å²) in [5.41, 5.74) is 5.33. The van der Waals surface area contributed by atoms with Crippen LogP contribution in [0, 0.1) is 0 Å². The van der Waals surface area contributed by atoms with Gasteiger partial charge in [-0.25, -0.2) is 0 Å². The van der Waals surface area contributed by atoms with E-state index < -0.39 is 5.54 Å². The molecule has 116 valence electrons. The molecule has 5 nitrogen and oxygen atoms in total. The lowest BCUT2D eigenvalue weighted by Crippen LogP contribution is -2.58. The van der Waals surface area contributed by atoms with Crippen LogP contribution in [0.3, 0.4) is 0 Å². The largest absolute Gasteiger partial charge is 0.352 e. The molecule has 0 aliphatic carbocycles. The summed E-state index contributed by atoms with van der Waals surface area (Å²) < 4.78 is 0. The van der Waals surface area contributed by atoms with Gasteiger partial charge in [0.2, 0.25) is 11.8 Å². The molecule has 0 radical (unpaired) electrons. The highest BCUT2D eigenvalue weighted by atomic mass is 16.2. The van der Waals surface area contributed by atoms with Crippen molar-refractivity contribution in [2.45, 2.75) is 70.9 Å². The molecule has 2 amide bonds. The lowest BCUT2D eigenvalue weighted by molar-refractivity contribution is -0.138. The molecule has 3 N–H and O–H groups in total. The highest BCUT2D eigenvalue weighted by Crippen LogP contribution is 2.17. The number of piperidine rings is 1. The van der Waals surface area contributed by atoms with Gasteiger partial charge in [-0.15, -0.1) is 0 Å². The zero-order valence-electron chi connectivity index (χ0n) is 13.1. The predicted octanol–water partition coefficient (Wildman–Crippen LogP) is 1.41. The molecule has 1 fully saturated rings. The number of amides is 2. The summed E-state index contributed by atoms with van der Waals surface area (Å²) >= 11 is 0. The van der Waals surface area contributed by atoms with Crippen LogP contribution < -0.4 is 11.1 Å². The van der Waals surface area contributed by atoms with Gasteiger partial charge in [-0.1, -0.05) is 20.3 Å². The topological polar surface area (TPSA) is 75.4 Å². The maximum Gasteiger partial charge on any atom is 0.242 e. The second kappa shape index (κ2) is 7.62. The SMILES string of the molecule is CCCC(=O)NC1CCCN(C(=O)C(C)(N)CCC)C1. The van der Waals surface area contributed by atoms with Crippen LogP contribution in [0.15, 0.2) is 0 Å². The minimum Gasteiger partial charge on any atom is -0.352 e. The Bertz CT molecular complexity index is 342. The Labute approximate surface area is 122 Å². The van der Waals surface area contributed by atoms with E-state index in [1.165, 1.54) is 0 Å². The van der Waals surface area contributed by atoms with Gasteiger partial charge in [0, 0.05) is 25.6 Å². The highest BCUT2D eigenvalue weighted by molar-refractivity contribution is 5.86. The zero-order chi connectivity index (χ0) is 15.2. The zero-order valence-corrected chi connectivity index (χ0v) is 13.1. The Morgan fingerprint density at radius 2 is 2.05 bits per heavy atom. The lowest BCUT2D eigenvalue weighted by Gasteiger charge is -2.37. The van der Waals surface area contributed by atoms with E-state index in [9.17, 15) is 9.59 Å². The van der Waals surface area contributed by atoms with E-state index in [0.717, 1.165) is 32.2 Å². The summed E-state index contributed by atoms with van der Waals surface area (Å²) in [5, 5.41) is 3.01. The molecule has 0 spiro atoms. The molecule has 1 aliphatic heterocycles. The van der Waals surface area contributed by atoms with Gasteiger partial charge in [0.25, 0.3) is 0 Å². The monoisotopic (exact) mass is 283 g/mol. The molecule has 1 rings (SSSR count). The minimum absolute atomic E-state index is 0.00814. The molecule has 20 heavy (non-hydrogen) atoms. The molecule has 1 heterocycles. The first kappa shape index (κ1) is 17.0. The number of rotatable bonds is 6. The van der Waals surface area contributed by atoms with E-state index in [0.29, 0.717) is 19.4 Å². The molecular formula is C15H29N3O2. The lowest BCUT2D eigenvalue weighted by atomic mass is 9.94. The van der Waals surface area contributed by atoms with Crippen LogP contribution in [0.4, 0.5) is 0 Å². The van der Waals surface area contributed by atoms with Crippen molar-refractivity contribution in [1.29, 1.82) is 0 Å². The fourth-order valence-corrected chi connectivity index (χ4v) is 2.79. The summed E-state index contributed by atoms with van der Waals surface area (Å²) in [6.45, 7) is 7.15. The Morgan fingerprint density at radius 1 is 1.35 bits per heavy atom. The first-order valence-corrected chi connectivity index (χ1v) is 7.78. The molecule has 0 aromatic carbocycles. The number of nitrogens with zero attached hydrogens (tertiary/aromatic N) is 1. The van der Waals surface area contributed by atoms with Crippen LogP contribution in [0.25, 0.3) is 0 Å². The van der Waals surface area contributed by atoms with Crippen LogP contribution >= 0.6 is 0 Å². The van der Waals surface area contributed by atoms with Crippen molar-refractivity contribution in [3.8, 4) is 0 Å². The molecule has 0 saturated carbocycles. The normalized spacial score (nSPS) is 22.2. The molecular weight excluding hydrogens is 254 g/mol. The fourth-order valence-electron chi connectivity index (χ4n) is 2.79. The summed E-state index contributed by atoms with van der Waals surface area (Å²) in [6.07, 6.45) is 4.84. The number of nitrogens with two attached hydrogens (primary N) is 1. The Kier molecular flexibility index (Phi) is 6.46. The van der Waals surface area contributed by atoms with Gasteiger partial charge in [0.05, 0.1) is 5.54 Å². The molecule has 0 aromatic rings. The number of carbonyl (C=O) groups excluding carboxylic acids is 2. The van der Waals surface area contributed by atoms with Gasteiger partial charge in [-0.2, -0.15) is 0 Å². The molecule has 2 unspecified atom stereocenters. The van der Waals surface area contributed by atoms with Gasteiger partial charge < -0.3 is 16.0 Å². The average molecular weight is 283 g/mol. The second-order valence-corrected chi connectivity index (χ2v) is 6.08. The molecule has 2 atom stereocenters. The van der Waals surface area contributed by atoms with Crippen molar-refractivity contribution in [1.82, 2.24) is 10.2 Å². The third-order valence-electron chi connectivity index (χ3n) is 3.81.